The minimum atomic E-state index is -1.08. The van der Waals surface area contributed by atoms with Crippen LogP contribution in [0.1, 0.15) is 50.5 Å². The van der Waals surface area contributed by atoms with E-state index >= 15 is 0 Å². The number of nitrogens with zero attached hydrogens (tertiary/aromatic N) is 1. The van der Waals surface area contributed by atoms with Gasteiger partial charge in [0.2, 0.25) is 0 Å². The summed E-state index contributed by atoms with van der Waals surface area (Å²) in [4.78, 5) is 37.5. The number of carboxylic acids is 1. The number of rotatable bonds is 6. The van der Waals surface area contributed by atoms with E-state index in [0.29, 0.717) is 29.9 Å². The highest BCUT2D eigenvalue weighted by atomic mass is 16.4. The van der Waals surface area contributed by atoms with Gasteiger partial charge in [-0.15, -0.1) is 0 Å². The maximum absolute atomic E-state index is 12.4. The lowest BCUT2D eigenvalue weighted by Crippen LogP contribution is -2.30. The van der Waals surface area contributed by atoms with Gasteiger partial charge >= 0.3 is 5.97 Å². The Bertz CT molecular complexity index is 824. The Morgan fingerprint density at radius 2 is 1.50 bits per heavy atom. The fourth-order valence-corrected chi connectivity index (χ4v) is 2.63. The molecule has 0 bridgehead atoms. The minimum absolute atomic E-state index is 0.0577. The number of hydrogen-bond donors (Lipinski definition) is 2. The number of nitrogens with one attached hydrogen (secondary N) is 1. The molecular weight excluding hydrogens is 332 g/mol. The van der Waals surface area contributed by atoms with Crippen LogP contribution in [0.5, 0.6) is 0 Å². The lowest BCUT2D eigenvalue weighted by atomic mass is 10.1. The van der Waals surface area contributed by atoms with Crippen molar-refractivity contribution in [3.05, 3.63) is 64.7 Å². The van der Waals surface area contributed by atoms with Gasteiger partial charge in [0.15, 0.2) is 0 Å². The minimum Gasteiger partial charge on any atom is -0.478 e. The number of hydrogen-bond acceptors (Lipinski definition) is 3. The van der Waals surface area contributed by atoms with Crippen molar-refractivity contribution in [2.45, 2.75) is 20.8 Å². The summed E-state index contributed by atoms with van der Waals surface area (Å²) in [5.41, 5.74) is 2.11. The predicted octanol–water partition coefficient (Wildman–Crippen LogP) is 3.43. The zero-order chi connectivity index (χ0) is 19.3. The van der Waals surface area contributed by atoms with E-state index in [0.717, 1.165) is 0 Å². The van der Waals surface area contributed by atoms with Gasteiger partial charge in [0.25, 0.3) is 11.8 Å². The van der Waals surface area contributed by atoms with Crippen LogP contribution in [0.25, 0.3) is 0 Å². The number of aromatic carboxylic acids is 1. The first-order chi connectivity index (χ1) is 12.3. The zero-order valence-electron chi connectivity index (χ0n) is 15.1. The van der Waals surface area contributed by atoms with Gasteiger partial charge in [-0.3, -0.25) is 9.59 Å². The molecule has 136 valence electrons. The molecule has 26 heavy (non-hydrogen) atoms. The average molecular weight is 354 g/mol. The van der Waals surface area contributed by atoms with Crippen LogP contribution in [0, 0.1) is 6.92 Å². The first-order valence-corrected chi connectivity index (χ1v) is 8.41. The Morgan fingerprint density at radius 3 is 2.04 bits per heavy atom. The van der Waals surface area contributed by atoms with Crippen molar-refractivity contribution in [2.24, 2.45) is 0 Å². The topological polar surface area (TPSA) is 86.7 Å². The Morgan fingerprint density at radius 1 is 0.923 bits per heavy atom. The van der Waals surface area contributed by atoms with E-state index in [4.69, 9.17) is 5.11 Å². The van der Waals surface area contributed by atoms with E-state index in [9.17, 15) is 14.4 Å². The molecule has 0 aliphatic rings. The number of amides is 2. The van der Waals surface area contributed by atoms with Crippen LogP contribution in [-0.2, 0) is 0 Å². The SMILES string of the molecule is CCN(CC)C(=O)c1ccc(NC(=O)c2cc(C)cc(C(=O)O)c2)cc1. The Labute approximate surface area is 152 Å². The molecule has 0 saturated carbocycles. The van der Waals surface area contributed by atoms with Crippen molar-refractivity contribution in [1.29, 1.82) is 0 Å². The first-order valence-electron chi connectivity index (χ1n) is 8.41. The van der Waals surface area contributed by atoms with Crippen LogP contribution in [0.3, 0.4) is 0 Å². The summed E-state index contributed by atoms with van der Waals surface area (Å²) in [5, 5.41) is 11.8. The van der Waals surface area contributed by atoms with Gasteiger partial charge in [0.05, 0.1) is 5.56 Å². The quantitative estimate of drug-likeness (QED) is 0.832. The molecule has 2 rings (SSSR count). The Kier molecular flexibility index (Phi) is 6.11. The number of carboxylic acid groups (broad SMARTS) is 1. The highest BCUT2D eigenvalue weighted by Gasteiger charge is 2.14. The standard InChI is InChI=1S/C20H22N2O4/c1-4-22(5-2)19(24)14-6-8-17(9-7-14)21-18(23)15-10-13(3)11-16(12-15)20(25)26/h6-12H,4-5H2,1-3H3,(H,21,23)(H,25,26). The van der Waals surface area contributed by atoms with Gasteiger partial charge in [-0.25, -0.2) is 4.79 Å². The summed E-state index contributed by atoms with van der Waals surface area (Å²) in [6.07, 6.45) is 0. The molecule has 2 aromatic rings. The molecule has 2 N–H and O–H groups in total. The summed E-state index contributed by atoms with van der Waals surface area (Å²) in [7, 11) is 0. The molecule has 0 heterocycles. The average Bonchev–Trinajstić information content (AvgIpc) is 2.62. The smallest absolute Gasteiger partial charge is 0.335 e. The lowest BCUT2D eigenvalue weighted by Gasteiger charge is -2.18. The second kappa shape index (κ2) is 8.29. The third-order valence-corrected chi connectivity index (χ3v) is 4.03. The van der Waals surface area contributed by atoms with Crippen molar-refractivity contribution in [3.63, 3.8) is 0 Å². The van der Waals surface area contributed by atoms with Crippen molar-refractivity contribution in [1.82, 2.24) is 4.90 Å². The molecule has 2 amide bonds. The molecule has 0 radical (unpaired) electrons. The lowest BCUT2D eigenvalue weighted by molar-refractivity contribution is 0.0695. The highest BCUT2D eigenvalue weighted by Crippen LogP contribution is 2.15. The summed E-state index contributed by atoms with van der Waals surface area (Å²) in [5.74, 6) is -1.54. The third kappa shape index (κ3) is 4.47. The fraction of sp³-hybridized carbons (Fsp3) is 0.250. The number of benzene rings is 2. The molecular formula is C20H22N2O4. The summed E-state index contributed by atoms with van der Waals surface area (Å²) in [6.45, 7) is 6.84. The van der Waals surface area contributed by atoms with E-state index in [1.165, 1.54) is 12.1 Å². The molecule has 2 aromatic carbocycles. The second-order valence-corrected chi connectivity index (χ2v) is 5.90. The number of carbonyl (C=O) groups is 3. The van der Waals surface area contributed by atoms with Crippen LogP contribution in [-0.4, -0.2) is 40.9 Å². The van der Waals surface area contributed by atoms with Gasteiger partial charge in [0.1, 0.15) is 0 Å². The fourth-order valence-electron chi connectivity index (χ4n) is 2.63. The molecule has 6 nitrogen and oxygen atoms in total. The molecule has 0 spiro atoms. The summed E-state index contributed by atoms with van der Waals surface area (Å²) >= 11 is 0. The predicted molar refractivity (Wildman–Crippen MR) is 99.8 cm³/mol. The molecule has 0 atom stereocenters. The van der Waals surface area contributed by atoms with Gasteiger partial charge in [-0.2, -0.15) is 0 Å². The monoisotopic (exact) mass is 354 g/mol. The largest absolute Gasteiger partial charge is 0.478 e. The Balaban J connectivity index is 2.15. The molecule has 0 aromatic heterocycles. The zero-order valence-corrected chi connectivity index (χ0v) is 15.1. The van der Waals surface area contributed by atoms with E-state index in [1.807, 2.05) is 13.8 Å². The van der Waals surface area contributed by atoms with Crippen LogP contribution < -0.4 is 5.32 Å². The molecule has 0 fully saturated rings. The van der Waals surface area contributed by atoms with Crippen LogP contribution in [0.15, 0.2) is 42.5 Å². The highest BCUT2D eigenvalue weighted by molar-refractivity contribution is 6.06. The third-order valence-electron chi connectivity index (χ3n) is 4.03. The van der Waals surface area contributed by atoms with Gasteiger partial charge in [-0.05, 0) is 68.8 Å². The van der Waals surface area contributed by atoms with Crippen molar-refractivity contribution in [2.75, 3.05) is 18.4 Å². The van der Waals surface area contributed by atoms with E-state index < -0.39 is 11.9 Å². The normalized spacial score (nSPS) is 10.3. The van der Waals surface area contributed by atoms with E-state index in [-0.39, 0.29) is 17.0 Å². The van der Waals surface area contributed by atoms with E-state index in [2.05, 4.69) is 5.32 Å². The number of anilines is 1. The first kappa shape index (κ1) is 19.2. The van der Waals surface area contributed by atoms with Gasteiger partial charge < -0.3 is 15.3 Å². The summed E-state index contributed by atoms with van der Waals surface area (Å²) in [6, 6.07) is 11.1. The number of aryl methyl sites for hydroxylation is 1. The Hall–Kier alpha value is -3.15. The maximum atomic E-state index is 12.4. The van der Waals surface area contributed by atoms with Crippen LogP contribution in [0.4, 0.5) is 5.69 Å². The van der Waals surface area contributed by atoms with Crippen LogP contribution in [0.2, 0.25) is 0 Å². The van der Waals surface area contributed by atoms with Crippen LogP contribution >= 0.6 is 0 Å². The maximum Gasteiger partial charge on any atom is 0.335 e. The van der Waals surface area contributed by atoms with Gasteiger partial charge in [-0.1, -0.05) is 0 Å². The van der Waals surface area contributed by atoms with Crippen molar-refractivity contribution < 1.29 is 19.5 Å². The molecule has 0 aliphatic carbocycles. The molecule has 0 saturated heterocycles. The second-order valence-electron chi connectivity index (χ2n) is 5.90. The molecule has 0 unspecified atom stereocenters. The molecule has 6 heteroatoms. The van der Waals surface area contributed by atoms with Gasteiger partial charge in [0, 0.05) is 29.9 Å². The van der Waals surface area contributed by atoms with Crippen molar-refractivity contribution in [3.8, 4) is 0 Å². The number of carbonyl (C=O) groups excluding carboxylic acids is 2. The van der Waals surface area contributed by atoms with E-state index in [1.54, 1.807) is 42.2 Å². The molecule has 0 aliphatic heterocycles. The summed E-state index contributed by atoms with van der Waals surface area (Å²) < 4.78 is 0. The van der Waals surface area contributed by atoms with Crippen molar-refractivity contribution >= 4 is 23.5 Å².